The van der Waals surface area contributed by atoms with Gasteiger partial charge in [0.15, 0.2) is 0 Å². The number of hydrogen-bond donors (Lipinski definition) is 1. The van der Waals surface area contributed by atoms with Crippen molar-refractivity contribution in [1.82, 2.24) is 10.2 Å². The van der Waals surface area contributed by atoms with Crippen molar-refractivity contribution < 1.29 is 14.3 Å². The van der Waals surface area contributed by atoms with Gasteiger partial charge in [0.2, 0.25) is 11.8 Å². The summed E-state index contributed by atoms with van der Waals surface area (Å²) in [6.45, 7) is 4.19. The smallest absolute Gasteiger partial charge is 0.247 e. The average Bonchev–Trinajstić information content (AvgIpc) is 2.71. The zero-order chi connectivity index (χ0) is 14.7. The molecule has 5 heteroatoms. The second-order valence-electron chi connectivity index (χ2n) is 5.15. The highest BCUT2D eigenvalue weighted by atomic mass is 16.5. The third kappa shape index (κ3) is 2.82. The van der Waals surface area contributed by atoms with Gasteiger partial charge in [-0.05, 0) is 19.9 Å². The van der Waals surface area contributed by atoms with E-state index in [0.29, 0.717) is 6.54 Å². The summed E-state index contributed by atoms with van der Waals surface area (Å²) in [5, 5.41) is 3.15. The number of nitrogens with one attached hydrogen (secondary N) is 1. The Bertz CT molecular complexity index is 514. The van der Waals surface area contributed by atoms with Crippen LogP contribution < -0.4 is 10.1 Å². The number of benzene rings is 1. The molecule has 108 valence electrons. The highest BCUT2D eigenvalue weighted by Gasteiger charge is 2.39. The Labute approximate surface area is 118 Å². The van der Waals surface area contributed by atoms with Crippen molar-refractivity contribution in [3.05, 3.63) is 29.8 Å². The number of carbonyl (C=O) groups is 2. The van der Waals surface area contributed by atoms with Gasteiger partial charge in [-0.25, -0.2) is 0 Å². The summed E-state index contributed by atoms with van der Waals surface area (Å²) in [5.74, 6) is 0.528. The third-order valence-electron chi connectivity index (χ3n) is 3.43. The fourth-order valence-corrected chi connectivity index (χ4v) is 2.44. The van der Waals surface area contributed by atoms with E-state index in [1.165, 1.54) is 4.90 Å². The molecule has 0 aliphatic carbocycles. The molecule has 0 saturated carbocycles. The zero-order valence-corrected chi connectivity index (χ0v) is 12.1. The minimum atomic E-state index is -0.435. The molecule has 1 fully saturated rings. The first-order valence-corrected chi connectivity index (χ1v) is 6.75. The quantitative estimate of drug-likeness (QED) is 0.824. The summed E-state index contributed by atoms with van der Waals surface area (Å²) in [5.41, 5.74) is 0.971. The summed E-state index contributed by atoms with van der Waals surface area (Å²) in [4.78, 5) is 25.3. The van der Waals surface area contributed by atoms with Gasteiger partial charge in [-0.2, -0.15) is 0 Å². The molecule has 1 aliphatic rings. The van der Waals surface area contributed by atoms with Crippen LogP contribution in [0.5, 0.6) is 5.75 Å². The van der Waals surface area contributed by atoms with Gasteiger partial charge in [-0.15, -0.1) is 0 Å². The van der Waals surface area contributed by atoms with E-state index in [9.17, 15) is 9.59 Å². The molecule has 2 amide bonds. The van der Waals surface area contributed by atoms with E-state index in [2.05, 4.69) is 5.32 Å². The number of hydrogen-bond acceptors (Lipinski definition) is 4. The van der Waals surface area contributed by atoms with Gasteiger partial charge in [0.1, 0.15) is 5.75 Å². The fourth-order valence-electron chi connectivity index (χ4n) is 2.44. The molecule has 5 nitrogen and oxygen atoms in total. The van der Waals surface area contributed by atoms with Crippen LogP contribution in [0.3, 0.4) is 0 Å². The second-order valence-corrected chi connectivity index (χ2v) is 5.15. The number of rotatable bonds is 5. The lowest BCUT2D eigenvalue weighted by Crippen LogP contribution is -2.41. The highest BCUT2D eigenvalue weighted by molar-refractivity contribution is 6.05. The van der Waals surface area contributed by atoms with Gasteiger partial charge in [-0.1, -0.05) is 18.2 Å². The molecule has 1 N–H and O–H groups in total. The molecule has 1 heterocycles. The largest absolute Gasteiger partial charge is 0.496 e. The zero-order valence-electron chi connectivity index (χ0n) is 12.1. The molecule has 2 rings (SSSR count). The first-order valence-electron chi connectivity index (χ1n) is 6.75. The van der Waals surface area contributed by atoms with Gasteiger partial charge in [0.05, 0.1) is 19.6 Å². The molecule has 20 heavy (non-hydrogen) atoms. The number of amides is 2. The predicted octanol–water partition coefficient (Wildman–Crippen LogP) is 1.32. The van der Waals surface area contributed by atoms with Crippen LogP contribution in [0.25, 0.3) is 0 Å². The van der Waals surface area contributed by atoms with Gasteiger partial charge in [-0.3, -0.25) is 14.5 Å². The maximum absolute atomic E-state index is 12.1. The fraction of sp³-hybridized carbons (Fsp3) is 0.467. The van der Waals surface area contributed by atoms with Crippen molar-refractivity contribution in [3.63, 3.8) is 0 Å². The Hall–Kier alpha value is -1.88. The van der Waals surface area contributed by atoms with Gasteiger partial charge >= 0.3 is 0 Å². The first kappa shape index (κ1) is 14.5. The van der Waals surface area contributed by atoms with Crippen molar-refractivity contribution in [2.75, 3.05) is 7.11 Å². The monoisotopic (exact) mass is 276 g/mol. The average molecular weight is 276 g/mol. The summed E-state index contributed by atoms with van der Waals surface area (Å²) in [6.07, 6.45) is 0.228. The lowest BCUT2D eigenvalue weighted by atomic mass is 10.1. The second kappa shape index (κ2) is 6.05. The molecule has 1 atom stereocenters. The number of methoxy groups -OCH3 is 1. The Morgan fingerprint density at radius 3 is 2.65 bits per heavy atom. The van der Waals surface area contributed by atoms with E-state index in [1.54, 1.807) is 7.11 Å². The van der Waals surface area contributed by atoms with Crippen LogP contribution in [0.1, 0.15) is 25.8 Å². The van der Waals surface area contributed by atoms with Crippen LogP contribution in [0.2, 0.25) is 0 Å². The number of nitrogens with zero attached hydrogens (tertiary/aromatic N) is 1. The van der Waals surface area contributed by atoms with Crippen molar-refractivity contribution in [2.45, 2.75) is 38.9 Å². The Morgan fingerprint density at radius 2 is 2.05 bits per heavy atom. The van der Waals surface area contributed by atoms with E-state index in [0.717, 1.165) is 11.3 Å². The van der Waals surface area contributed by atoms with Gasteiger partial charge in [0.25, 0.3) is 0 Å². The van der Waals surface area contributed by atoms with Crippen LogP contribution in [0.15, 0.2) is 24.3 Å². The number of ether oxygens (including phenoxy) is 1. The molecule has 0 bridgehead atoms. The minimum absolute atomic E-state index is 0.0898. The van der Waals surface area contributed by atoms with Gasteiger partial charge in [0, 0.05) is 18.2 Å². The molecule has 0 radical (unpaired) electrons. The van der Waals surface area contributed by atoms with Crippen molar-refractivity contribution in [3.8, 4) is 5.75 Å². The van der Waals surface area contributed by atoms with Crippen molar-refractivity contribution in [2.24, 2.45) is 0 Å². The summed E-state index contributed by atoms with van der Waals surface area (Å²) in [6, 6.07) is 7.10. The molecule has 1 aromatic carbocycles. The van der Waals surface area contributed by atoms with Crippen LogP contribution in [0, 0.1) is 0 Å². The Kier molecular flexibility index (Phi) is 4.39. The van der Waals surface area contributed by atoms with E-state index >= 15 is 0 Å². The molecule has 0 spiro atoms. The van der Waals surface area contributed by atoms with E-state index in [1.807, 2.05) is 38.1 Å². The number of likely N-dealkylation sites (tertiary alicyclic amines) is 1. The van der Waals surface area contributed by atoms with Crippen LogP contribution in [-0.4, -0.2) is 35.9 Å². The van der Waals surface area contributed by atoms with Crippen LogP contribution in [0.4, 0.5) is 0 Å². The van der Waals surface area contributed by atoms with Crippen molar-refractivity contribution in [1.29, 1.82) is 0 Å². The topological polar surface area (TPSA) is 58.6 Å². The number of carbonyl (C=O) groups excluding carboxylic acids is 2. The van der Waals surface area contributed by atoms with E-state index in [-0.39, 0.29) is 24.3 Å². The number of imide groups is 1. The highest BCUT2D eigenvalue weighted by Crippen LogP contribution is 2.20. The standard InChI is InChI=1S/C15H20N2O3/c1-10(2)17-14(18)8-12(15(17)19)16-9-11-6-4-5-7-13(11)20-3/h4-7,10,12,16H,8-9H2,1-3H3. The van der Waals surface area contributed by atoms with Crippen LogP contribution in [-0.2, 0) is 16.1 Å². The van der Waals surface area contributed by atoms with E-state index in [4.69, 9.17) is 4.74 Å². The molecule has 1 aromatic rings. The molecule has 1 aliphatic heterocycles. The van der Waals surface area contributed by atoms with E-state index < -0.39 is 6.04 Å². The summed E-state index contributed by atoms with van der Waals surface area (Å²) >= 11 is 0. The maximum Gasteiger partial charge on any atom is 0.247 e. The predicted molar refractivity (Wildman–Crippen MR) is 75.2 cm³/mol. The number of para-hydroxylation sites is 1. The Balaban J connectivity index is 2.02. The molecular weight excluding hydrogens is 256 g/mol. The normalized spacial score (nSPS) is 19.0. The molecule has 1 saturated heterocycles. The van der Waals surface area contributed by atoms with Crippen molar-refractivity contribution >= 4 is 11.8 Å². The maximum atomic E-state index is 12.1. The first-order chi connectivity index (χ1) is 9.54. The molecule has 1 unspecified atom stereocenters. The lowest BCUT2D eigenvalue weighted by Gasteiger charge is -2.19. The van der Waals surface area contributed by atoms with Crippen LogP contribution >= 0.6 is 0 Å². The summed E-state index contributed by atoms with van der Waals surface area (Å²) in [7, 11) is 1.61. The lowest BCUT2D eigenvalue weighted by molar-refractivity contribution is -0.140. The van der Waals surface area contributed by atoms with Gasteiger partial charge < -0.3 is 10.1 Å². The molecular formula is C15H20N2O3. The Morgan fingerprint density at radius 1 is 1.35 bits per heavy atom. The SMILES string of the molecule is COc1ccccc1CNC1CC(=O)N(C(C)C)C1=O. The molecule has 0 aromatic heterocycles. The third-order valence-corrected chi connectivity index (χ3v) is 3.43. The minimum Gasteiger partial charge on any atom is -0.496 e. The summed E-state index contributed by atoms with van der Waals surface area (Å²) < 4.78 is 5.27.